The molecule has 2 rings (SSSR count). The maximum Gasteiger partial charge on any atom is 0.357 e. The smallest absolute Gasteiger partial charge is 0.357 e. The largest absolute Gasteiger partial charge is 0.458 e. The van der Waals surface area contributed by atoms with E-state index in [9.17, 15) is 9.18 Å². The molecular weight excluding hydrogens is 281 g/mol. The molecule has 0 aliphatic rings. The zero-order valence-corrected chi connectivity index (χ0v) is 11.8. The summed E-state index contributed by atoms with van der Waals surface area (Å²) in [6.45, 7) is 3.48. The predicted octanol–water partition coefficient (Wildman–Crippen LogP) is 4.11. The number of esters is 1. The molecule has 3 nitrogen and oxygen atoms in total. The van der Waals surface area contributed by atoms with Crippen molar-refractivity contribution < 1.29 is 13.9 Å². The van der Waals surface area contributed by atoms with E-state index in [1.165, 1.54) is 12.1 Å². The SMILES string of the molecule is CC(C)OC(=O)c1ccc(F)c(-c2ccc(Cl)cc2)n1. The highest BCUT2D eigenvalue weighted by Crippen LogP contribution is 2.23. The van der Waals surface area contributed by atoms with Crippen LogP contribution >= 0.6 is 11.6 Å². The molecule has 0 aliphatic carbocycles. The quantitative estimate of drug-likeness (QED) is 0.800. The number of hydrogen-bond acceptors (Lipinski definition) is 3. The van der Waals surface area contributed by atoms with Crippen molar-refractivity contribution in [1.82, 2.24) is 4.98 Å². The Hall–Kier alpha value is -1.94. The molecule has 0 fully saturated rings. The van der Waals surface area contributed by atoms with E-state index in [1.807, 2.05) is 0 Å². The molecule has 0 saturated heterocycles. The zero-order valence-electron chi connectivity index (χ0n) is 11.1. The van der Waals surface area contributed by atoms with Crippen molar-refractivity contribution in [3.05, 3.63) is 52.9 Å². The van der Waals surface area contributed by atoms with E-state index in [2.05, 4.69) is 4.98 Å². The van der Waals surface area contributed by atoms with Crippen molar-refractivity contribution in [2.45, 2.75) is 20.0 Å². The van der Waals surface area contributed by atoms with Gasteiger partial charge in [-0.2, -0.15) is 0 Å². The van der Waals surface area contributed by atoms with E-state index in [0.717, 1.165) is 0 Å². The van der Waals surface area contributed by atoms with Gasteiger partial charge < -0.3 is 4.74 Å². The van der Waals surface area contributed by atoms with Crippen LogP contribution in [0.2, 0.25) is 5.02 Å². The van der Waals surface area contributed by atoms with Gasteiger partial charge in [0, 0.05) is 10.6 Å². The van der Waals surface area contributed by atoms with Gasteiger partial charge in [-0.3, -0.25) is 0 Å². The van der Waals surface area contributed by atoms with E-state index in [-0.39, 0.29) is 17.5 Å². The van der Waals surface area contributed by atoms with Crippen LogP contribution in [0, 0.1) is 5.82 Å². The van der Waals surface area contributed by atoms with Crippen molar-refractivity contribution in [2.24, 2.45) is 0 Å². The molecule has 0 aliphatic heterocycles. The molecule has 5 heteroatoms. The van der Waals surface area contributed by atoms with E-state index >= 15 is 0 Å². The first-order valence-corrected chi connectivity index (χ1v) is 6.48. The number of pyridine rings is 1. The van der Waals surface area contributed by atoms with Crippen LogP contribution in [-0.2, 0) is 4.74 Å². The molecule has 0 atom stereocenters. The summed E-state index contributed by atoms with van der Waals surface area (Å²) in [6.07, 6.45) is -0.256. The molecule has 104 valence electrons. The van der Waals surface area contributed by atoms with Gasteiger partial charge in [-0.1, -0.05) is 23.7 Å². The van der Waals surface area contributed by atoms with Crippen molar-refractivity contribution in [3.63, 3.8) is 0 Å². The Labute approximate surface area is 121 Å². The highest BCUT2D eigenvalue weighted by Gasteiger charge is 2.15. The van der Waals surface area contributed by atoms with Gasteiger partial charge in [-0.25, -0.2) is 14.2 Å². The molecule has 0 radical (unpaired) electrons. The summed E-state index contributed by atoms with van der Waals surface area (Å²) in [5.74, 6) is -1.08. The molecule has 0 N–H and O–H groups in total. The van der Waals surface area contributed by atoms with Crippen LogP contribution in [0.15, 0.2) is 36.4 Å². The van der Waals surface area contributed by atoms with Gasteiger partial charge in [0.25, 0.3) is 0 Å². The monoisotopic (exact) mass is 293 g/mol. The van der Waals surface area contributed by atoms with Gasteiger partial charge in [0.15, 0.2) is 0 Å². The molecule has 0 spiro atoms. The van der Waals surface area contributed by atoms with E-state index in [1.54, 1.807) is 38.1 Å². The second-order valence-corrected chi connectivity index (χ2v) is 4.92. The summed E-state index contributed by atoms with van der Waals surface area (Å²) >= 11 is 5.79. The van der Waals surface area contributed by atoms with Crippen LogP contribution in [0.4, 0.5) is 4.39 Å². The van der Waals surface area contributed by atoms with Gasteiger partial charge >= 0.3 is 5.97 Å². The predicted molar refractivity (Wildman–Crippen MR) is 75.2 cm³/mol. The number of ether oxygens (including phenoxy) is 1. The summed E-state index contributed by atoms with van der Waals surface area (Å²) in [7, 11) is 0. The molecule has 1 heterocycles. The Kier molecular flexibility index (Phi) is 4.35. The standard InChI is InChI=1S/C15H13ClFNO2/c1-9(2)20-15(19)13-8-7-12(17)14(18-13)10-3-5-11(16)6-4-10/h3-9H,1-2H3. The van der Waals surface area contributed by atoms with Crippen LogP contribution in [0.5, 0.6) is 0 Å². The number of aromatic nitrogens is 1. The molecule has 1 aromatic carbocycles. The number of carbonyl (C=O) groups is 1. The van der Waals surface area contributed by atoms with Gasteiger partial charge in [0.05, 0.1) is 6.10 Å². The minimum absolute atomic E-state index is 0.0741. The lowest BCUT2D eigenvalue weighted by Crippen LogP contribution is -2.13. The highest BCUT2D eigenvalue weighted by atomic mass is 35.5. The van der Waals surface area contributed by atoms with Crippen molar-refractivity contribution >= 4 is 17.6 Å². The average Bonchev–Trinajstić information content (AvgIpc) is 2.39. The number of nitrogens with zero attached hydrogens (tertiary/aromatic N) is 1. The van der Waals surface area contributed by atoms with Crippen molar-refractivity contribution in [3.8, 4) is 11.3 Å². The maximum absolute atomic E-state index is 13.8. The van der Waals surface area contributed by atoms with Crippen LogP contribution in [0.25, 0.3) is 11.3 Å². The summed E-state index contributed by atoms with van der Waals surface area (Å²) in [4.78, 5) is 15.8. The summed E-state index contributed by atoms with van der Waals surface area (Å²) in [5.41, 5.74) is 0.719. The third kappa shape index (κ3) is 3.33. The Balaban J connectivity index is 2.38. The lowest BCUT2D eigenvalue weighted by atomic mass is 10.1. The van der Waals surface area contributed by atoms with Gasteiger partial charge in [-0.05, 0) is 38.1 Å². The minimum atomic E-state index is -0.574. The molecule has 2 aromatic rings. The first-order valence-electron chi connectivity index (χ1n) is 6.11. The Morgan fingerprint density at radius 2 is 1.85 bits per heavy atom. The molecule has 0 amide bonds. The molecule has 0 bridgehead atoms. The van der Waals surface area contributed by atoms with Gasteiger partial charge in [0.1, 0.15) is 17.2 Å². The summed E-state index contributed by atoms with van der Waals surface area (Å²) in [5, 5.41) is 0.546. The highest BCUT2D eigenvalue weighted by molar-refractivity contribution is 6.30. The van der Waals surface area contributed by atoms with E-state index < -0.39 is 11.8 Å². The number of rotatable bonds is 3. The number of hydrogen-bond donors (Lipinski definition) is 0. The van der Waals surface area contributed by atoms with Crippen LogP contribution in [0.3, 0.4) is 0 Å². The Morgan fingerprint density at radius 1 is 1.20 bits per heavy atom. The third-order valence-electron chi connectivity index (χ3n) is 2.52. The van der Waals surface area contributed by atoms with Gasteiger partial charge in [-0.15, -0.1) is 0 Å². The van der Waals surface area contributed by atoms with Gasteiger partial charge in [0.2, 0.25) is 0 Å². The zero-order chi connectivity index (χ0) is 14.7. The molecule has 0 unspecified atom stereocenters. The summed E-state index contributed by atoms with van der Waals surface area (Å²) in [6, 6.07) is 9.07. The van der Waals surface area contributed by atoms with E-state index in [4.69, 9.17) is 16.3 Å². The normalized spacial score (nSPS) is 10.7. The number of halogens is 2. The molecular formula is C15H13ClFNO2. The maximum atomic E-state index is 13.8. The lowest BCUT2D eigenvalue weighted by Gasteiger charge is -2.09. The minimum Gasteiger partial charge on any atom is -0.458 e. The Morgan fingerprint density at radius 3 is 2.45 bits per heavy atom. The second kappa shape index (κ2) is 6.01. The fraction of sp³-hybridized carbons (Fsp3) is 0.200. The second-order valence-electron chi connectivity index (χ2n) is 4.49. The van der Waals surface area contributed by atoms with Crippen molar-refractivity contribution in [2.75, 3.05) is 0 Å². The topological polar surface area (TPSA) is 39.2 Å². The van der Waals surface area contributed by atoms with Crippen LogP contribution < -0.4 is 0 Å². The number of carbonyl (C=O) groups excluding carboxylic acids is 1. The molecule has 20 heavy (non-hydrogen) atoms. The lowest BCUT2D eigenvalue weighted by molar-refractivity contribution is 0.0371. The fourth-order valence-electron chi connectivity index (χ4n) is 1.64. The molecule has 1 aromatic heterocycles. The number of benzene rings is 1. The third-order valence-corrected chi connectivity index (χ3v) is 2.77. The average molecular weight is 294 g/mol. The first kappa shape index (κ1) is 14.5. The summed E-state index contributed by atoms with van der Waals surface area (Å²) < 4.78 is 18.9. The van der Waals surface area contributed by atoms with E-state index in [0.29, 0.717) is 10.6 Å². The van der Waals surface area contributed by atoms with Crippen molar-refractivity contribution in [1.29, 1.82) is 0 Å². The first-order chi connectivity index (χ1) is 9.47. The Bertz CT molecular complexity index is 626. The molecule has 0 saturated carbocycles. The van der Waals surface area contributed by atoms with Crippen LogP contribution in [0.1, 0.15) is 24.3 Å². The van der Waals surface area contributed by atoms with Crippen LogP contribution in [-0.4, -0.2) is 17.1 Å². The fourth-order valence-corrected chi connectivity index (χ4v) is 1.77.